The lowest BCUT2D eigenvalue weighted by molar-refractivity contribution is -0.139. The summed E-state index contributed by atoms with van der Waals surface area (Å²) in [5.74, 6) is -1.15. The molecule has 0 radical (unpaired) electrons. The molecule has 0 bridgehead atoms. The Balaban J connectivity index is 1.60. The lowest BCUT2D eigenvalue weighted by atomic mass is 9.98. The van der Waals surface area contributed by atoms with Crippen molar-refractivity contribution in [2.24, 2.45) is 0 Å². The number of aliphatic carboxylic acids is 1. The number of aliphatic hydroxyl groups is 1. The lowest BCUT2D eigenvalue weighted by Crippen LogP contribution is -2.41. The van der Waals surface area contributed by atoms with Gasteiger partial charge in [-0.1, -0.05) is 61.4 Å². The molecule has 2 aromatic carbocycles. The molecule has 0 saturated carbocycles. The van der Waals surface area contributed by atoms with Crippen LogP contribution in [0.15, 0.2) is 48.5 Å². The van der Waals surface area contributed by atoms with Gasteiger partial charge >= 0.3 is 12.1 Å². The fourth-order valence-electron chi connectivity index (χ4n) is 3.68. The Morgan fingerprint density at radius 1 is 0.964 bits per heavy atom. The molecule has 3 rings (SSSR count). The standard InChI is InChI=1S/C22H25NO5/c24-13-7-1-2-12-20(21(25)26)23-22(27)28-14-19-17-10-5-3-8-15(17)16-9-4-6-11-18(16)19/h3-6,8-11,19-20,24H,1-2,7,12-14H2,(H,23,27)(H,25,26). The number of hydrogen-bond donors (Lipinski definition) is 3. The molecule has 1 amide bonds. The van der Waals surface area contributed by atoms with Crippen molar-refractivity contribution in [3.05, 3.63) is 59.7 Å². The highest BCUT2D eigenvalue weighted by atomic mass is 16.5. The number of carbonyl (C=O) groups is 2. The van der Waals surface area contributed by atoms with Crippen LogP contribution in [0.25, 0.3) is 11.1 Å². The van der Waals surface area contributed by atoms with E-state index in [-0.39, 0.29) is 19.1 Å². The minimum Gasteiger partial charge on any atom is -0.480 e. The second-order valence-corrected chi connectivity index (χ2v) is 6.93. The van der Waals surface area contributed by atoms with E-state index in [4.69, 9.17) is 9.84 Å². The zero-order valence-electron chi connectivity index (χ0n) is 15.6. The lowest BCUT2D eigenvalue weighted by Gasteiger charge is -2.17. The third-order valence-electron chi connectivity index (χ3n) is 5.08. The van der Waals surface area contributed by atoms with Gasteiger partial charge in [0, 0.05) is 12.5 Å². The molecule has 148 valence electrons. The van der Waals surface area contributed by atoms with Gasteiger partial charge in [0.15, 0.2) is 0 Å². The Morgan fingerprint density at radius 2 is 1.57 bits per heavy atom. The monoisotopic (exact) mass is 383 g/mol. The highest BCUT2D eigenvalue weighted by Crippen LogP contribution is 2.44. The number of nitrogens with one attached hydrogen (secondary N) is 1. The van der Waals surface area contributed by atoms with Gasteiger partial charge in [-0.3, -0.25) is 0 Å². The predicted octanol–water partition coefficient (Wildman–Crippen LogP) is 3.53. The van der Waals surface area contributed by atoms with Crippen molar-refractivity contribution < 1.29 is 24.5 Å². The van der Waals surface area contributed by atoms with Crippen LogP contribution < -0.4 is 5.32 Å². The number of benzene rings is 2. The van der Waals surface area contributed by atoms with Crippen molar-refractivity contribution in [2.75, 3.05) is 13.2 Å². The van der Waals surface area contributed by atoms with E-state index in [2.05, 4.69) is 17.4 Å². The maximum Gasteiger partial charge on any atom is 0.407 e. The average molecular weight is 383 g/mol. The Morgan fingerprint density at radius 3 is 2.14 bits per heavy atom. The van der Waals surface area contributed by atoms with Crippen LogP contribution >= 0.6 is 0 Å². The maximum absolute atomic E-state index is 12.2. The van der Waals surface area contributed by atoms with Gasteiger partial charge in [-0.05, 0) is 35.1 Å². The smallest absolute Gasteiger partial charge is 0.407 e. The first-order chi connectivity index (χ1) is 13.6. The summed E-state index contributed by atoms with van der Waals surface area (Å²) in [6.45, 7) is 0.230. The first-order valence-electron chi connectivity index (χ1n) is 9.57. The number of amides is 1. The molecule has 0 saturated heterocycles. The van der Waals surface area contributed by atoms with Crippen molar-refractivity contribution in [1.29, 1.82) is 0 Å². The highest BCUT2D eigenvalue weighted by Gasteiger charge is 2.29. The van der Waals surface area contributed by atoms with Gasteiger partial charge in [-0.25, -0.2) is 9.59 Å². The maximum atomic E-state index is 12.2. The van der Waals surface area contributed by atoms with Crippen LogP contribution in [0.1, 0.15) is 42.7 Å². The van der Waals surface area contributed by atoms with E-state index in [1.165, 1.54) is 0 Å². The quantitative estimate of drug-likeness (QED) is 0.576. The summed E-state index contributed by atoms with van der Waals surface area (Å²) in [7, 11) is 0. The van der Waals surface area contributed by atoms with Gasteiger partial charge in [-0.2, -0.15) is 0 Å². The molecule has 6 nitrogen and oxygen atoms in total. The predicted molar refractivity (Wildman–Crippen MR) is 105 cm³/mol. The molecule has 0 fully saturated rings. The van der Waals surface area contributed by atoms with Crippen LogP contribution in [0.5, 0.6) is 0 Å². The summed E-state index contributed by atoms with van der Waals surface area (Å²) in [6.07, 6.45) is 1.53. The topological polar surface area (TPSA) is 95.9 Å². The Hall–Kier alpha value is -2.86. The number of unbranched alkanes of at least 4 members (excludes halogenated alkanes) is 2. The van der Waals surface area contributed by atoms with E-state index in [1.807, 2.05) is 36.4 Å². The third-order valence-corrected chi connectivity index (χ3v) is 5.08. The van der Waals surface area contributed by atoms with E-state index in [9.17, 15) is 14.7 Å². The van der Waals surface area contributed by atoms with E-state index in [0.717, 1.165) is 22.3 Å². The summed E-state index contributed by atoms with van der Waals surface area (Å²) in [5.41, 5.74) is 4.49. The number of hydrogen-bond acceptors (Lipinski definition) is 4. The number of carbonyl (C=O) groups excluding carboxylic acids is 1. The number of fused-ring (bicyclic) bond motifs is 3. The summed E-state index contributed by atoms with van der Waals surface area (Å²) < 4.78 is 5.39. The number of carboxylic acids is 1. The molecule has 0 heterocycles. The van der Waals surface area contributed by atoms with Crippen molar-refractivity contribution >= 4 is 12.1 Å². The molecular formula is C22H25NO5. The zero-order valence-corrected chi connectivity index (χ0v) is 15.6. The Kier molecular flexibility index (Phi) is 6.66. The number of ether oxygens (including phenoxy) is 1. The Bertz CT molecular complexity index is 790. The molecule has 28 heavy (non-hydrogen) atoms. The Labute approximate surface area is 164 Å². The van der Waals surface area contributed by atoms with Crippen LogP contribution in [0.3, 0.4) is 0 Å². The number of rotatable bonds is 9. The molecule has 0 spiro atoms. The van der Waals surface area contributed by atoms with Crippen LogP contribution in [-0.4, -0.2) is 41.5 Å². The fraction of sp³-hybridized carbons (Fsp3) is 0.364. The van der Waals surface area contributed by atoms with Gasteiger partial charge in [0.2, 0.25) is 0 Å². The van der Waals surface area contributed by atoms with Crippen molar-refractivity contribution in [1.82, 2.24) is 5.32 Å². The number of carboxylic acid groups (broad SMARTS) is 1. The molecule has 1 unspecified atom stereocenters. The van der Waals surface area contributed by atoms with Crippen molar-refractivity contribution in [3.8, 4) is 11.1 Å². The minimum absolute atomic E-state index is 0.0639. The zero-order chi connectivity index (χ0) is 19.9. The molecule has 1 aliphatic carbocycles. The molecule has 2 aromatic rings. The second kappa shape index (κ2) is 9.37. The van der Waals surface area contributed by atoms with Gasteiger partial charge in [0.25, 0.3) is 0 Å². The van der Waals surface area contributed by atoms with E-state index in [1.54, 1.807) is 0 Å². The molecular weight excluding hydrogens is 358 g/mol. The molecule has 3 N–H and O–H groups in total. The molecule has 6 heteroatoms. The van der Waals surface area contributed by atoms with E-state index in [0.29, 0.717) is 25.7 Å². The second-order valence-electron chi connectivity index (χ2n) is 6.93. The SMILES string of the molecule is O=C(NC(CCCCCO)C(=O)O)OCC1c2ccccc2-c2ccccc21. The average Bonchev–Trinajstić information content (AvgIpc) is 3.02. The molecule has 0 aromatic heterocycles. The number of alkyl carbamates (subject to hydrolysis) is 1. The third kappa shape index (κ3) is 4.51. The van der Waals surface area contributed by atoms with Gasteiger partial charge in [-0.15, -0.1) is 0 Å². The van der Waals surface area contributed by atoms with Gasteiger partial charge < -0.3 is 20.3 Å². The van der Waals surface area contributed by atoms with Crippen LogP contribution in [0, 0.1) is 0 Å². The van der Waals surface area contributed by atoms with Crippen molar-refractivity contribution in [3.63, 3.8) is 0 Å². The van der Waals surface area contributed by atoms with Crippen LogP contribution in [0.2, 0.25) is 0 Å². The normalized spacial score (nSPS) is 13.5. The molecule has 0 aliphatic heterocycles. The van der Waals surface area contributed by atoms with Crippen molar-refractivity contribution in [2.45, 2.75) is 37.6 Å². The first-order valence-corrected chi connectivity index (χ1v) is 9.57. The summed E-state index contributed by atoms with van der Waals surface area (Å²) in [4.78, 5) is 23.6. The van der Waals surface area contributed by atoms with Gasteiger partial charge in [0.1, 0.15) is 12.6 Å². The van der Waals surface area contributed by atoms with Gasteiger partial charge in [0.05, 0.1) is 0 Å². The highest BCUT2D eigenvalue weighted by molar-refractivity contribution is 5.81. The summed E-state index contributed by atoms with van der Waals surface area (Å²) in [5, 5.41) is 20.5. The fourth-order valence-corrected chi connectivity index (χ4v) is 3.68. The van der Waals surface area contributed by atoms with E-state index >= 15 is 0 Å². The summed E-state index contributed by atoms with van der Waals surface area (Å²) >= 11 is 0. The largest absolute Gasteiger partial charge is 0.480 e. The molecule has 1 atom stereocenters. The molecule has 1 aliphatic rings. The minimum atomic E-state index is -1.09. The summed E-state index contributed by atoms with van der Waals surface area (Å²) in [6, 6.07) is 15.1. The van der Waals surface area contributed by atoms with E-state index < -0.39 is 18.1 Å². The first kappa shape index (κ1) is 19.9. The van der Waals surface area contributed by atoms with Crippen LogP contribution in [-0.2, 0) is 9.53 Å². The number of aliphatic hydroxyl groups excluding tert-OH is 1. The van der Waals surface area contributed by atoms with Crippen LogP contribution in [0.4, 0.5) is 4.79 Å².